The molecule has 1 atom stereocenters. The number of thiophene rings is 1. The first kappa shape index (κ1) is 13.2. The fourth-order valence-electron chi connectivity index (χ4n) is 2.31. The molecule has 3 rings (SSSR count). The normalized spacial score (nSPS) is 17.6. The Balaban J connectivity index is 2.25. The molecule has 20 heavy (non-hydrogen) atoms. The maximum atomic E-state index is 9.42. The number of aryl methyl sites for hydroxylation is 2. The van der Waals surface area contributed by atoms with E-state index >= 15 is 0 Å². The summed E-state index contributed by atoms with van der Waals surface area (Å²) in [6.45, 7) is 3.94. The molecule has 1 aliphatic rings. The summed E-state index contributed by atoms with van der Waals surface area (Å²) in [4.78, 5) is 2.20. The first-order chi connectivity index (χ1) is 9.52. The molecule has 0 fully saturated rings. The number of hydrogen-bond acceptors (Lipinski definition) is 5. The van der Waals surface area contributed by atoms with Crippen molar-refractivity contribution in [3.8, 4) is 11.9 Å². The van der Waals surface area contributed by atoms with Crippen molar-refractivity contribution in [1.82, 2.24) is 10.2 Å². The van der Waals surface area contributed by atoms with Crippen molar-refractivity contribution in [3.63, 3.8) is 0 Å². The van der Waals surface area contributed by atoms with E-state index in [2.05, 4.69) is 32.2 Å². The van der Waals surface area contributed by atoms with Crippen LogP contribution in [0.3, 0.4) is 0 Å². The quantitative estimate of drug-likeness (QED) is 0.827. The Morgan fingerprint density at radius 2 is 2.30 bits per heavy atom. The van der Waals surface area contributed by atoms with Gasteiger partial charge in [-0.3, -0.25) is 5.10 Å². The molecular weight excluding hydrogens is 340 g/mol. The third-order valence-electron chi connectivity index (χ3n) is 3.29. The standard InChI is InChI=1S/C13H11BrN4OS/c1-5-10-11(9-3-8(14)6(2)20-9)7(4-15)12(16)19-13(10)18-17-5/h3,11H,16H2,1-2H3,(H,17,18)/t11-/m0/s1. The number of fused-ring (bicyclic) bond motifs is 1. The molecule has 3 heterocycles. The maximum Gasteiger partial charge on any atom is 0.244 e. The molecule has 7 heteroatoms. The molecule has 5 nitrogen and oxygen atoms in total. The predicted octanol–water partition coefficient (Wildman–Crippen LogP) is 3.07. The van der Waals surface area contributed by atoms with Crippen LogP contribution in [0.4, 0.5) is 0 Å². The van der Waals surface area contributed by atoms with Gasteiger partial charge in [0.05, 0.1) is 11.5 Å². The number of nitriles is 1. The van der Waals surface area contributed by atoms with Crippen molar-refractivity contribution < 1.29 is 4.74 Å². The van der Waals surface area contributed by atoms with Crippen molar-refractivity contribution in [2.75, 3.05) is 0 Å². The average Bonchev–Trinajstić information content (AvgIpc) is 2.92. The smallest absolute Gasteiger partial charge is 0.244 e. The highest BCUT2D eigenvalue weighted by atomic mass is 79.9. The van der Waals surface area contributed by atoms with Crippen molar-refractivity contribution in [2.45, 2.75) is 19.8 Å². The summed E-state index contributed by atoms with van der Waals surface area (Å²) >= 11 is 5.15. The topological polar surface area (TPSA) is 87.7 Å². The molecule has 0 bridgehead atoms. The summed E-state index contributed by atoms with van der Waals surface area (Å²) in [6.07, 6.45) is 0. The van der Waals surface area contributed by atoms with Gasteiger partial charge < -0.3 is 10.5 Å². The lowest BCUT2D eigenvalue weighted by atomic mass is 9.89. The number of nitrogens with two attached hydrogens (primary N) is 1. The van der Waals surface area contributed by atoms with E-state index in [1.807, 2.05) is 19.9 Å². The van der Waals surface area contributed by atoms with Crippen LogP contribution in [-0.2, 0) is 0 Å². The van der Waals surface area contributed by atoms with Gasteiger partial charge in [-0.05, 0) is 35.8 Å². The van der Waals surface area contributed by atoms with Crippen LogP contribution >= 0.6 is 27.3 Å². The van der Waals surface area contributed by atoms with Crippen LogP contribution in [0.1, 0.15) is 26.9 Å². The molecular formula is C13H11BrN4OS. The van der Waals surface area contributed by atoms with E-state index in [9.17, 15) is 5.26 Å². The van der Waals surface area contributed by atoms with Gasteiger partial charge in [0.1, 0.15) is 11.6 Å². The van der Waals surface area contributed by atoms with E-state index in [1.54, 1.807) is 11.3 Å². The van der Waals surface area contributed by atoms with Crippen LogP contribution in [0.5, 0.6) is 5.88 Å². The molecule has 102 valence electrons. The lowest BCUT2D eigenvalue weighted by Crippen LogP contribution is -2.20. The Bertz CT molecular complexity index is 748. The van der Waals surface area contributed by atoms with Crippen LogP contribution < -0.4 is 10.5 Å². The fraction of sp³-hybridized carbons (Fsp3) is 0.231. The molecule has 3 N–H and O–H groups in total. The molecule has 0 saturated carbocycles. The number of nitrogens with one attached hydrogen (secondary N) is 1. The minimum absolute atomic E-state index is 0.124. The summed E-state index contributed by atoms with van der Waals surface area (Å²) in [5, 5.41) is 16.4. The predicted molar refractivity (Wildman–Crippen MR) is 79.4 cm³/mol. The zero-order chi connectivity index (χ0) is 14.4. The molecule has 0 saturated heterocycles. The highest BCUT2D eigenvalue weighted by Crippen LogP contribution is 2.45. The molecule has 0 aliphatic carbocycles. The number of hydrogen-bond donors (Lipinski definition) is 2. The van der Waals surface area contributed by atoms with Crippen molar-refractivity contribution in [3.05, 3.63) is 43.0 Å². The Hall–Kier alpha value is -1.78. The molecule has 2 aromatic heterocycles. The monoisotopic (exact) mass is 350 g/mol. The van der Waals surface area contributed by atoms with Gasteiger partial charge in [-0.2, -0.15) is 5.26 Å². The molecule has 0 unspecified atom stereocenters. The summed E-state index contributed by atoms with van der Waals surface area (Å²) in [5.74, 6) is 0.349. The van der Waals surface area contributed by atoms with Crippen LogP contribution in [0.25, 0.3) is 0 Å². The van der Waals surface area contributed by atoms with Gasteiger partial charge >= 0.3 is 0 Å². The zero-order valence-corrected chi connectivity index (χ0v) is 13.2. The van der Waals surface area contributed by atoms with Gasteiger partial charge in [0.15, 0.2) is 0 Å². The van der Waals surface area contributed by atoms with Crippen molar-refractivity contribution in [1.29, 1.82) is 5.26 Å². The van der Waals surface area contributed by atoms with Gasteiger partial charge in [0, 0.05) is 19.9 Å². The number of ether oxygens (including phenoxy) is 1. The number of allylic oxidation sites excluding steroid dienone is 1. The van der Waals surface area contributed by atoms with E-state index in [0.717, 1.165) is 25.5 Å². The van der Waals surface area contributed by atoms with Gasteiger partial charge in [0.25, 0.3) is 0 Å². The van der Waals surface area contributed by atoms with Crippen LogP contribution in [0.15, 0.2) is 22.0 Å². The summed E-state index contributed by atoms with van der Waals surface area (Å²) in [5.41, 5.74) is 8.05. The highest BCUT2D eigenvalue weighted by Gasteiger charge is 2.35. The van der Waals surface area contributed by atoms with Crippen LogP contribution in [0, 0.1) is 25.2 Å². The molecule has 0 amide bonds. The maximum absolute atomic E-state index is 9.42. The largest absolute Gasteiger partial charge is 0.420 e. The molecule has 2 aromatic rings. The fourth-order valence-corrected chi connectivity index (χ4v) is 3.99. The summed E-state index contributed by atoms with van der Waals surface area (Å²) < 4.78 is 6.46. The second-order valence-corrected chi connectivity index (χ2v) is 6.69. The van der Waals surface area contributed by atoms with Crippen LogP contribution in [-0.4, -0.2) is 10.2 Å². The number of H-pyrrole nitrogens is 1. The van der Waals surface area contributed by atoms with Crippen molar-refractivity contribution >= 4 is 27.3 Å². The molecule has 1 aliphatic heterocycles. The van der Waals surface area contributed by atoms with Gasteiger partial charge in [-0.25, -0.2) is 0 Å². The Kier molecular flexibility index (Phi) is 3.07. The Morgan fingerprint density at radius 1 is 1.55 bits per heavy atom. The second kappa shape index (κ2) is 4.65. The third kappa shape index (κ3) is 1.84. The number of aromatic amines is 1. The summed E-state index contributed by atoms with van der Waals surface area (Å²) in [7, 11) is 0. The lowest BCUT2D eigenvalue weighted by Gasteiger charge is -2.22. The van der Waals surface area contributed by atoms with Gasteiger partial charge in [-0.15, -0.1) is 16.4 Å². The van der Waals surface area contributed by atoms with E-state index in [0.29, 0.717) is 11.5 Å². The minimum Gasteiger partial charge on any atom is -0.420 e. The van der Waals surface area contributed by atoms with E-state index in [1.165, 1.54) is 0 Å². The van der Waals surface area contributed by atoms with E-state index in [4.69, 9.17) is 10.5 Å². The minimum atomic E-state index is -0.225. The summed E-state index contributed by atoms with van der Waals surface area (Å²) in [6, 6.07) is 4.19. The average molecular weight is 351 g/mol. The highest BCUT2D eigenvalue weighted by molar-refractivity contribution is 9.10. The molecule has 0 radical (unpaired) electrons. The second-order valence-electron chi connectivity index (χ2n) is 4.55. The third-order valence-corrected chi connectivity index (χ3v) is 5.49. The van der Waals surface area contributed by atoms with Crippen LogP contribution in [0.2, 0.25) is 0 Å². The molecule has 0 aromatic carbocycles. The number of nitrogens with zero attached hydrogens (tertiary/aromatic N) is 2. The number of aromatic nitrogens is 2. The number of halogens is 1. The zero-order valence-electron chi connectivity index (χ0n) is 10.8. The Morgan fingerprint density at radius 3 is 2.90 bits per heavy atom. The molecule has 0 spiro atoms. The van der Waals surface area contributed by atoms with E-state index < -0.39 is 0 Å². The number of rotatable bonds is 1. The SMILES string of the molecule is Cc1[nH]nc2c1[C@H](c1cc(Br)c(C)s1)C(C#N)=C(N)O2. The van der Waals surface area contributed by atoms with Gasteiger partial charge in [0.2, 0.25) is 11.8 Å². The first-order valence-corrected chi connectivity index (χ1v) is 7.52. The van der Waals surface area contributed by atoms with Gasteiger partial charge in [-0.1, -0.05) is 0 Å². The lowest BCUT2D eigenvalue weighted by molar-refractivity contribution is 0.379. The Labute approximate surface area is 128 Å². The van der Waals surface area contributed by atoms with Crippen molar-refractivity contribution in [2.24, 2.45) is 5.73 Å². The first-order valence-electron chi connectivity index (χ1n) is 5.91. The van der Waals surface area contributed by atoms with E-state index in [-0.39, 0.29) is 11.8 Å².